The number of hydrogen-bond acceptors (Lipinski definition) is 2. The maximum Gasteiger partial charge on any atom is 0.251 e. The number of nitrogens with one attached hydrogen (secondary N) is 3. The lowest BCUT2D eigenvalue weighted by Gasteiger charge is -2.12. The van der Waals surface area contributed by atoms with Crippen LogP contribution in [0.1, 0.15) is 48.2 Å². The third kappa shape index (κ3) is 5.00. The molecule has 2 aromatic carbocycles. The van der Waals surface area contributed by atoms with Crippen LogP contribution in [0.3, 0.4) is 0 Å². The molecular weight excluding hydrogens is 350 g/mol. The van der Waals surface area contributed by atoms with E-state index in [4.69, 9.17) is 0 Å². The van der Waals surface area contributed by atoms with Gasteiger partial charge in [0.05, 0.1) is 0 Å². The summed E-state index contributed by atoms with van der Waals surface area (Å²) < 4.78 is 0. The van der Waals surface area contributed by atoms with Crippen LogP contribution in [0.4, 0.5) is 0 Å². The van der Waals surface area contributed by atoms with Crippen LogP contribution in [0.5, 0.6) is 0 Å². The molecule has 146 valence electrons. The Hall–Kier alpha value is -3.08. The molecule has 0 spiro atoms. The molecule has 3 aromatic rings. The third-order valence-electron chi connectivity index (χ3n) is 4.97. The highest BCUT2D eigenvalue weighted by Crippen LogP contribution is 2.18. The molecule has 0 bridgehead atoms. The number of hydrogen-bond donors (Lipinski definition) is 3. The van der Waals surface area contributed by atoms with Gasteiger partial charge in [-0.25, -0.2) is 0 Å². The van der Waals surface area contributed by atoms with Crippen molar-refractivity contribution in [2.24, 2.45) is 0 Å². The number of carbonyl (C=O) groups excluding carboxylic acids is 2. The lowest BCUT2D eigenvalue weighted by molar-refractivity contribution is -0.121. The molecule has 28 heavy (non-hydrogen) atoms. The molecule has 1 aromatic heterocycles. The Morgan fingerprint density at radius 2 is 1.93 bits per heavy atom. The lowest BCUT2D eigenvalue weighted by atomic mass is 10.1. The second kappa shape index (κ2) is 9.22. The first-order valence-corrected chi connectivity index (χ1v) is 9.78. The zero-order chi connectivity index (χ0) is 19.9. The van der Waals surface area contributed by atoms with E-state index in [-0.39, 0.29) is 17.9 Å². The maximum absolute atomic E-state index is 12.3. The van der Waals surface area contributed by atoms with Gasteiger partial charge in [0.2, 0.25) is 5.91 Å². The number of aromatic amines is 1. The minimum Gasteiger partial charge on any atom is -0.361 e. The lowest BCUT2D eigenvalue weighted by Crippen LogP contribution is -2.32. The third-order valence-corrected chi connectivity index (χ3v) is 4.97. The van der Waals surface area contributed by atoms with E-state index in [0.717, 1.165) is 28.5 Å². The highest BCUT2D eigenvalue weighted by molar-refractivity contribution is 5.94. The molecule has 0 aliphatic carbocycles. The van der Waals surface area contributed by atoms with Crippen molar-refractivity contribution < 1.29 is 9.59 Å². The molecule has 1 atom stereocenters. The van der Waals surface area contributed by atoms with E-state index < -0.39 is 0 Å². The normalized spacial score (nSPS) is 11.9. The Labute approximate surface area is 165 Å². The van der Waals surface area contributed by atoms with Crippen molar-refractivity contribution in [2.45, 2.75) is 45.7 Å². The summed E-state index contributed by atoms with van der Waals surface area (Å²) in [6.07, 6.45) is 3.97. The summed E-state index contributed by atoms with van der Waals surface area (Å²) in [5.41, 5.74) is 3.77. The average molecular weight is 377 g/mol. The minimum atomic E-state index is -0.0816. The SMILES string of the molecule is CC[C@@H](C)NC(=O)c1cccc(CNC(=O)CCc2c[nH]c3ccccc23)c1. The van der Waals surface area contributed by atoms with Gasteiger partial charge in [-0.05, 0) is 49.1 Å². The number of aryl methyl sites for hydroxylation is 1. The summed E-state index contributed by atoms with van der Waals surface area (Å²) in [7, 11) is 0. The number of H-pyrrole nitrogens is 1. The van der Waals surface area contributed by atoms with E-state index in [0.29, 0.717) is 24.9 Å². The van der Waals surface area contributed by atoms with Crippen LogP contribution in [-0.2, 0) is 17.8 Å². The Balaban J connectivity index is 1.52. The Bertz CT molecular complexity index is 961. The number of rotatable bonds is 8. The average Bonchev–Trinajstić information content (AvgIpc) is 3.14. The Morgan fingerprint density at radius 3 is 2.75 bits per heavy atom. The summed E-state index contributed by atoms with van der Waals surface area (Å²) in [4.78, 5) is 27.7. The molecule has 0 aliphatic rings. The molecule has 1 heterocycles. The molecule has 5 heteroatoms. The van der Waals surface area contributed by atoms with Crippen LogP contribution in [0.15, 0.2) is 54.7 Å². The van der Waals surface area contributed by atoms with Gasteiger partial charge < -0.3 is 15.6 Å². The van der Waals surface area contributed by atoms with Crippen LogP contribution in [0.25, 0.3) is 10.9 Å². The van der Waals surface area contributed by atoms with Gasteiger partial charge in [-0.1, -0.05) is 37.3 Å². The summed E-state index contributed by atoms with van der Waals surface area (Å²) >= 11 is 0. The van der Waals surface area contributed by atoms with E-state index in [1.54, 1.807) is 6.07 Å². The molecule has 3 N–H and O–H groups in total. The number of aromatic nitrogens is 1. The predicted octanol–water partition coefficient (Wildman–Crippen LogP) is 3.95. The highest BCUT2D eigenvalue weighted by atomic mass is 16.2. The van der Waals surface area contributed by atoms with Crippen molar-refractivity contribution in [3.05, 3.63) is 71.4 Å². The molecule has 0 fully saturated rings. The molecular formula is C23H27N3O2. The van der Waals surface area contributed by atoms with Gasteiger partial charge in [0, 0.05) is 41.7 Å². The van der Waals surface area contributed by atoms with Crippen molar-refractivity contribution >= 4 is 22.7 Å². The molecule has 2 amide bonds. The van der Waals surface area contributed by atoms with Crippen molar-refractivity contribution in [1.82, 2.24) is 15.6 Å². The van der Waals surface area contributed by atoms with Crippen LogP contribution in [0, 0.1) is 0 Å². The first-order valence-electron chi connectivity index (χ1n) is 9.78. The smallest absolute Gasteiger partial charge is 0.251 e. The number of amides is 2. The van der Waals surface area contributed by atoms with Crippen LogP contribution in [-0.4, -0.2) is 22.8 Å². The van der Waals surface area contributed by atoms with Gasteiger partial charge in [0.15, 0.2) is 0 Å². The predicted molar refractivity (Wildman–Crippen MR) is 112 cm³/mol. The number of carbonyl (C=O) groups is 2. The van der Waals surface area contributed by atoms with Gasteiger partial charge in [-0.2, -0.15) is 0 Å². The first-order chi connectivity index (χ1) is 13.6. The quantitative estimate of drug-likeness (QED) is 0.556. The molecule has 0 radical (unpaired) electrons. The fourth-order valence-electron chi connectivity index (χ4n) is 3.11. The second-order valence-electron chi connectivity index (χ2n) is 7.12. The zero-order valence-corrected chi connectivity index (χ0v) is 16.4. The van der Waals surface area contributed by atoms with Crippen molar-refractivity contribution in [2.75, 3.05) is 0 Å². The number of fused-ring (bicyclic) bond motifs is 1. The topological polar surface area (TPSA) is 74.0 Å². The van der Waals surface area contributed by atoms with E-state index in [1.807, 2.05) is 56.4 Å². The largest absolute Gasteiger partial charge is 0.361 e. The Kier molecular flexibility index (Phi) is 6.48. The van der Waals surface area contributed by atoms with E-state index in [9.17, 15) is 9.59 Å². The molecule has 0 saturated carbocycles. The summed E-state index contributed by atoms with van der Waals surface area (Å²) in [6.45, 7) is 4.43. The molecule has 5 nitrogen and oxygen atoms in total. The zero-order valence-electron chi connectivity index (χ0n) is 16.4. The summed E-state index contributed by atoms with van der Waals surface area (Å²) in [5, 5.41) is 7.07. The summed E-state index contributed by atoms with van der Waals surface area (Å²) in [5.74, 6) is -0.0818. The van der Waals surface area contributed by atoms with Crippen LogP contribution in [0.2, 0.25) is 0 Å². The van der Waals surface area contributed by atoms with Gasteiger partial charge >= 0.3 is 0 Å². The standard InChI is InChI=1S/C23H27N3O2/c1-3-16(2)26-23(28)18-8-6-7-17(13-18)14-25-22(27)12-11-19-15-24-21-10-5-4-9-20(19)21/h4-10,13,15-16,24H,3,11-12,14H2,1-2H3,(H,25,27)(H,26,28)/t16-/m1/s1. The van der Waals surface area contributed by atoms with Crippen molar-refractivity contribution in [1.29, 1.82) is 0 Å². The second-order valence-corrected chi connectivity index (χ2v) is 7.12. The number of para-hydroxylation sites is 1. The fourth-order valence-corrected chi connectivity index (χ4v) is 3.11. The minimum absolute atomic E-state index is 0.000240. The van der Waals surface area contributed by atoms with E-state index >= 15 is 0 Å². The number of benzene rings is 2. The van der Waals surface area contributed by atoms with Crippen molar-refractivity contribution in [3.8, 4) is 0 Å². The van der Waals surface area contributed by atoms with E-state index in [2.05, 4.69) is 21.7 Å². The van der Waals surface area contributed by atoms with E-state index in [1.165, 1.54) is 0 Å². The molecule has 3 rings (SSSR count). The highest BCUT2D eigenvalue weighted by Gasteiger charge is 2.10. The van der Waals surface area contributed by atoms with Gasteiger partial charge in [0.25, 0.3) is 5.91 Å². The maximum atomic E-state index is 12.3. The molecule has 0 aliphatic heterocycles. The fraction of sp³-hybridized carbons (Fsp3) is 0.304. The van der Waals surface area contributed by atoms with Crippen LogP contribution < -0.4 is 10.6 Å². The van der Waals surface area contributed by atoms with Gasteiger partial charge in [-0.3, -0.25) is 9.59 Å². The van der Waals surface area contributed by atoms with Gasteiger partial charge in [-0.15, -0.1) is 0 Å². The van der Waals surface area contributed by atoms with Crippen LogP contribution >= 0.6 is 0 Å². The Morgan fingerprint density at radius 1 is 1.11 bits per heavy atom. The summed E-state index contributed by atoms with van der Waals surface area (Å²) in [6, 6.07) is 15.6. The van der Waals surface area contributed by atoms with Crippen molar-refractivity contribution in [3.63, 3.8) is 0 Å². The molecule has 0 saturated heterocycles. The first kappa shape index (κ1) is 19.7. The molecule has 0 unspecified atom stereocenters. The van der Waals surface area contributed by atoms with Gasteiger partial charge in [0.1, 0.15) is 0 Å². The monoisotopic (exact) mass is 377 g/mol.